The van der Waals surface area contributed by atoms with Gasteiger partial charge in [0, 0.05) is 0 Å². The van der Waals surface area contributed by atoms with E-state index in [9.17, 15) is 15.3 Å². The molecule has 12 unspecified atom stereocenters. The Morgan fingerprint density at radius 3 is 2.35 bits per heavy atom. The maximum atomic E-state index is 11.5. The molecule has 0 aromatic rings. The average molecular weight is 674 g/mol. The van der Waals surface area contributed by atoms with Crippen molar-refractivity contribution in [3.05, 3.63) is 36.5 Å². The predicted octanol–water partition coefficient (Wildman–Crippen LogP) is 0.540. The Morgan fingerprint density at radius 2 is 1.60 bits per heavy atom. The van der Waals surface area contributed by atoms with E-state index in [0.29, 0.717) is 24.0 Å². The van der Waals surface area contributed by atoms with Crippen molar-refractivity contribution in [1.29, 1.82) is 0 Å². The van der Waals surface area contributed by atoms with Gasteiger partial charge in [0.15, 0.2) is 0 Å². The molecular formula is C31H46IO8-. The van der Waals surface area contributed by atoms with Crippen molar-refractivity contribution in [2.24, 2.45) is 17.3 Å². The van der Waals surface area contributed by atoms with Gasteiger partial charge in [-0.1, -0.05) is 0 Å². The van der Waals surface area contributed by atoms with Gasteiger partial charge in [0.1, 0.15) is 0 Å². The molecule has 0 aromatic heterocycles. The van der Waals surface area contributed by atoms with Gasteiger partial charge < -0.3 is 4.74 Å². The molecule has 9 heteroatoms. The summed E-state index contributed by atoms with van der Waals surface area (Å²) in [5.74, 6) is -0.347. The summed E-state index contributed by atoms with van der Waals surface area (Å²) in [6.45, 7) is 21.5. The summed E-state index contributed by atoms with van der Waals surface area (Å²) >= 11 is -0.822. The van der Waals surface area contributed by atoms with Crippen LogP contribution in [0.15, 0.2) is 36.5 Å². The van der Waals surface area contributed by atoms with Crippen molar-refractivity contribution in [2.45, 2.75) is 137 Å². The van der Waals surface area contributed by atoms with Crippen molar-refractivity contribution in [1.82, 2.24) is 0 Å². The van der Waals surface area contributed by atoms with Crippen LogP contribution in [-0.2, 0) is 22.0 Å². The molecule has 2 saturated carbocycles. The van der Waals surface area contributed by atoms with Crippen LogP contribution in [0.4, 0.5) is 0 Å². The molecule has 0 spiro atoms. The van der Waals surface area contributed by atoms with Crippen LogP contribution in [0.3, 0.4) is 0 Å². The summed E-state index contributed by atoms with van der Waals surface area (Å²) in [6, 6.07) is 0. The van der Waals surface area contributed by atoms with E-state index in [1.165, 1.54) is 0 Å². The predicted molar refractivity (Wildman–Crippen MR) is 143 cm³/mol. The second kappa shape index (κ2) is 10.4. The van der Waals surface area contributed by atoms with Crippen LogP contribution in [0.5, 0.6) is 0 Å². The first-order valence-electron chi connectivity index (χ1n) is 14.8. The second-order valence-corrected chi connectivity index (χ2v) is 16.5. The van der Waals surface area contributed by atoms with Crippen LogP contribution in [0, 0.1) is 17.3 Å². The molecule has 8 nitrogen and oxygen atoms in total. The van der Waals surface area contributed by atoms with Crippen LogP contribution >= 0.6 is 0 Å². The van der Waals surface area contributed by atoms with E-state index in [1.807, 2.05) is 0 Å². The molecule has 6 aliphatic rings. The third-order valence-electron chi connectivity index (χ3n) is 10.7. The first kappa shape index (κ1) is 29.7. The number of aliphatic hydroxyl groups excluding tert-OH is 3. The van der Waals surface area contributed by atoms with Crippen LogP contribution in [0.2, 0.25) is 0 Å². The van der Waals surface area contributed by atoms with Gasteiger partial charge >= 0.3 is 232 Å². The van der Waals surface area contributed by atoms with E-state index in [-0.39, 0.29) is 62.9 Å². The molecule has 2 aliphatic carbocycles. The Bertz CT molecular complexity index is 1060. The van der Waals surface area contributed by atoms with E-state index in [2.05, 4.69) is 47.4 Å². The molecule has 0 aromatic carbocycles. The fraction of sp³-hybridized carbons (Fsp3) is 0.806. The Kier molecular flexibility index (Phi) is 7.70. The molecular weight excluding hydrogens is 627 g/mol. The first-order chi connectivity index (χ1) is 18.7. The third-order valence-corrected chi connectivity index (χ3v) is 13.5. The molecule has 4 saturated heterocycles. The van der Waals surface area contributed by atoms with E-state index in [4.69, 9.17) is 22.0 Å². The number of epoxide rings is 2. The molecule has 0 bridgehead atoms. The first-order valence-corrected chi connectivity index (χ1v) is 16.9. The molecule has 6 rings (SSSR count). The number of hydrogen-bond donors (Lipinski definition) is 3. The van der Waals surface area contributed by atoms with Gasteiger partial charge in [0.2, 0.25) is 0 Å². The Labute approximate surface area is 248 Å². The number of ether oxygens (including phenoxy) is 4. The summed E-state index contributed by atoms with van der Waals surface area (Å²) in [7, 11) is 0. The van der Waals surface area contributed by atoms with Crippen LogP contribution in [0.25, 0.3) is 0 Å². The number of halogens is 1. The van der Waals surface area contributed by atoms with Gasteiger partial charge in [0.25, 0.3) is 0 Å². The van der Waals surface area contributed by atoms with Gasteiger partial charge in [-0.2, -0.15) is 0 Å². The van der Waals surface area contributed by atoms with Crippen molar-refractivity contribution in [3.63, 3.8) is 0 Å². The molecule has 0 radical (unpaired) electrons. The summed E-state index contributed by atoms with van der Waals surface area (Å²) in [4.78, 5) is 0. The number of aliphatic hydroxyl groups is 3. The molecule has 0 amide bonds. The van der Waals surface area contributed by atoms with Crippen molar-refractivity contribution < 1.29 is 59.0 Å². The quantitative estimate of drug-likeness (QED) is 0.169. The molecule has 13 atom stereocenters. The van der Waals surface area contributed by atoms with Crippen molar-refractivity contribution >= 4 is 0 Å². The zero-order valence-corrected chi connectivity index (χ0v) is 26.3. The van der Waals surface area contributed by atoms with E-state index >= 15 is 0 Å². The minimum atomic E-state index is -1.05. The van der Waals surface area contributed by atoms with E-state index < -0.39 is 40.3 Å². The minimum absolute atomic E-state index is 0.0322. The van der Waals surface area contributed by atoms with Crippen LogP contribution < -0.4 is 21.6 Å². The topological polar surface area (TPSA) is 113 Å². The van der Waals surface area contributed by atoms with E-state index in [1.54, 1.807) is 0 Å². The molecule has 6 fully saturated rings. The summed E-state index contributed by atoms with van der Waals surface area (Å²) in [5, 5.41) is 32.6. The number of rotatable bonds is 2. The Hall–Kier alpha value is -0.370. The fourth-order valence-electron chi connectivity index (χ4n) is 7.66. The van der Waals surface area contributed by atoms with Crippen LogP contribution in [-0.4, -0.2) is 79.7 Å². The normalized spacial score (nSPS) is 52.8. The molecule has 40 heavy (non-hydrogen) atoms. The van der Waals surface area contributed by atoms with Crippen LogP contribution in [0.1, 0.15) is 72.6 Å². The Balaban J connectivity index is 1.28. The van der Waals surface area contributed by atoms with Gasteiger partial charge in [-0.15, -0.1) is 0 Å². The molecule has 4 heterocycles. The SMILES string of the molecule is C=C1CC(O)C2C(=C)C(O)O[I-]C2C2OC2(C)CCC1OC1[C@H]2OC(O)C(=C)C2CCC2(C)OC2CCC1(C)C. The maximum absolute atomic E-state index is 11.5. The fourth-order valence-corrected chi connectivity index (χ4v) is 11.0. The second-order valence-electron chi connectivity index (χ2n) is 14.1. The third kappa shape index (κ3) is 5.19. The van der Waals surface area contributed by atoms with Gasteiger partial charge in [0.05, 0.1) is 5.60 Å². The number of alkyl halides is 1. The average Bonchev–Trinajstić information content (AvgIpc) is 3.73. The standard InChI is InChI=1S/C31H46IO8/c1-15-14-19(33)22-17(3)28(35)40-32-23(22)25-31(7,39-25)13-9-20(15)36-26-24-18(16(2)27(34)37-24)8-12-30(6)21(38-30)10-11-29(26,4)5/h18-28,33-35H,1-3,8-14H2,4-7H3/q-1/t18?,19?,20?,21?,22?,23?,24-,25?,26?,27?,28?,30?,31?/m0/s1. The zero-order chi connectivity index (χ0) is 28.8. The molecule has 4 aliphatic heterocycles. The number of fused-ring (bicyclic) bond motifs is 5. The van der Waals surface area contributed by atoms with Gasteiger partial charge in [-0.25, -0.2) is 0 Å². The summed E-state index contributed by atoms with van der Waals surface area (Å²) < 4.78 is 31.4. The number of hydrogen-bond acceptors (Lipinski definition) is 8. The van der Waals surface area contributed by atoms with Gasteiger partial charge in [-0.05, 0) is 6.92 Å². The van der Waals surface area contributed by atoms with Crippen molar-refractivity contribution in [2.75, 3.05) is 0 Å². The van der Waals surface area contributed by atoms with E-state index in [0.717, 1.165) is 37.7 Å². The zero-order valence-electron chi connectivity index (χ0n) is 24.2. The van der Waals surface area contributed by atoms with Gasteiger partial charge in [-0.3, -0.25) is 0 Å². The molecule has 226 valence electrons. The Morgan fingerprint density at radius 1 is 0.875 bits per heavy atom. The summed E-state index contributed by atoms with van der Waals surface area (Å²) in [5.41, 5.74) is 1.32. The monoisotopic (exact) mass is 673 g/mol. The van der Waals surface area contributed by atoms with Crippen molar-refractivity contribution in [3.8, 4) is 0 Å². The molecule has 3 N–H and O–H groups in total. The summed E-state index contributed by atoms with van der Waals surface area (Å²) in [6.07, 6.45) is 1.77.